The molecule has 0 amide bonds. The number of halogens is 1. The molecule has 0 spiro atoms. The predicted octanol–water partition coefficient (Wildman–Crippen LogP) is 13.1. The highest BCUT2D eigenvalue weighted by molar-refractivity contribution is 6.11. The van der Waals surface area contributed by atoms with Crippen LogP contribution < -0.4 is 0 Å². The van der Waals surface area contributed by atoms with E-state index >= 15 is 0 Å². The summed E-state index contributed by atoms with van der Waals surface area (Å²) in [5.41, 5.74) is 11.6. The molecule has 0 unspecified atom stereocenters. The smallest absolute Gasteiger partial charge is 0.166 e. The molecule has 2 aromatic heterocycles. The highest BCUT2D eigenvalue weighted by atomic mass is 19.1. The number of aromatic nitrogens is 4. The summed E-state index contributed by atoms with van der Waals surface area (Å²) in [6.45, 7) is 0. The largest absolute Gasteiger partial charge is 0.308 e. The van der Waals surface area contributed by atoms with Gasteiger partial charge in [-0.15, -0.1) is 0 Å². The average Bonchev–Trinajstić information content (AvgIpc) is 3.60. The van der Waals surface area contributed by atoms with E-state index in [9.17, 15) is 4.39 Å². The molecule has 0 fully saturated rings. The zero-order chi connectivity index (χ0) is 37.4. The Balaban J connectivity index is 1.31. The van der Waals surface area contributed by atoms with Gasteiger partial charge in [0.05, 0.1) is 16.7 Å². The van der Waals surface area contributed by atoms with Crippen LogP contribution in [0, 0.1) is 5.82 Å². The van der Waals surface area contributed by atoms with Crippen molar-refractivity contribution < 1.29 is 4.39 Å². The molecule has 2 heterocycles. The van der Waals surface area contributed by atoms with Gasteiger partial charge >= 0.3 is 0 Å². The van der Waals surface area contributed by atoms with Crippen molar-refractivity contribution in [3.63, 3.8) is 0 Å². The van der Waals surface area contributed by atoms with Crippen molar-refractivity contribution in [2.75, 3.05) is 0 Å². The molecule has 10 aromatic rings. The lowest BCUT2D eigenvalue weighted by Gasteiger charge is -2.17. The van der Waals surface area contributed by atoms with Crippen LogP contribution in [-0.4, -0.2) is 19.5 Å². The minimum absolute atomic E-state index is 0.289. The lowest BCUT2D eigenvalue weighted by atomic mass is 10.0. The fourth-order valence-corrected chi connectivity index (χ4v) is 7.58. The topological polar surface area (TPSA) is 43.6 Å². The summed E-state index contributed by atoms with van der Waals surface area (Å²) in [5, 5.41) is 2.24. The molecule has 0 radical (unpaired) electrons. The second kappa shape index (κ2) is 14.0. The third-order valence-corrected chi connectivity index (χ3v) is 10.3. The van der Waals surface area contributed by atoms with Crippen molar-refractivity contribution in [3.05, 3.63) is 206 Å². The lowest BCUT2D eigenvalue weighted by Crippen LogP contribution is -2.04. The Bertz CT molecular complexity index is 2860. The summed E-state index contributed by atoms with van der Waals surface area (Å²) in [6, 6.07) is 67.3. The van der Waals surface area contributed by atoms with Crippen molar-refractivity contribution in [2.45, 2.75) is 0 Å². The predicted molar refractivity (Wildman–Crippen MR) is 227 cm³/mol. The van der Waals surface area contributed by atoms with Gasteiger partial charge in [0.15, 0.2) is 17.5 Å². The first-order chi connectivity index (χ1) is 27.7. The fraction of sp³-hybridized carbons (Fsp3) is 0. The molecule has 0 atom stereocenters. The number of hydrogen-bond donors (Lipinski definition) is 0. The van der Waals surface area contributed by atoms with E-state index in [1.807, 2.05) is 84.9 Å². The summed E-state index contributed by atoms with van der Waals surface area (Å²) in [7, 11) is 0. The normalized spacial score (nSPS) is 11.3. The van der Waals surface area contributed by atoms with Gasteiger partial charge in [0.2, 0.25) is 0 Å². The van der Waals surface area contributed by atoms with Crippen LogP contribution in [0.5, 0.6) is 0 Å². The molecule has 4 nitrogen and oxygen atoms in total. The summed E-state index contributed by atoms with van der Waals surface area (Å²) in [6.07, 6.45) is 0. The van der Waals surface area contributed by atoms with Gasteiger partial charge in [-0.1, -0.05) is 164 Å². The molecule has 56 heavy (non-hydrogen) atoms. The minimum atomic E-state index is -0.289. The van der Waals surface area contributed by atoms with Crippen LogP contribution in [0.1, 0.15) is 0 Å². The van der Waals surface area contributed by atoms with Crippen molar-refractivity contribution in [3.8, 4) is 73.2 Å². The molecule has 0 bridgehead atoms. The van der Waals surface area contributed by atoms with Crippen molar-refractivity contribution in [1.29, 1.82) is 0 Å². The Hall–Kier alpha value is -7.50. The Labute approximate surface area is 323 Å². The molecule has 0 saturated heterocycles. The third-order valence-electron chi connectivity index (χ3n) is 10.3. The van der Waals surface area contributed by atoms with Gasteiger partial charge in [-0.3, -0.25) is 0 Å². The second-order valence-electron chi connectivity index (χ2n) is 13.8. The van der Waals surface area contributed by atoms with Crippen molar-refractivity contribution in [1.82, 2.24) is 19.5 Å². The maximum atomic E-state index is 14.8. The fourth-order valence-electron chi connectivity index (χ4n) is 7.58. The van der Waals surface area contributed by atoms with Gasteiger partial charge in [0.25, 0.3) is 0 Å². The standard InChI is InChI=1S/C51H33FN4/c52-42-23-13-22-38(30-42)41-26-29-45(51-54-49(36-18-9-3-10-19-36)53-50(55-51)37-20-11-4-12-21-37)48(33-41)56-46-31-39(34-14-5-1-6-15-34)24-27-43(46)44-28-25-40(32-47(44)56)35-16-7-2-8-17-35/h1-33H. The number of rotatable bonds is 7. The van der Waals surface area contributed by atoms with Gasteiger partial charge in [-0.2, -0.15) is 0 Å². The number of fused-ring (bicyclic) bond motifs is 3. The van der Waals surface area contributed by atoms with Gasteiger partial charge in [0.1, 0.15) is 5.82 Å². The summed E-state index contributed by atoms with van der Waals surface area (Å²) in [4.78, 5) is 15.3. The molecule has 5 heteroatoms. The molecule has 0 N–H and O–H groups in total. The van der Waals surface area contributed by atoms with Gasteiger partial charge in [-0.05, 0) is 69.8 Å². The Kier molecular flexibility index (Phi) is 8.30. The highest BCUT2D eigenvalue weighted by Crippen LogP contribution is 2.41. The zero-order valence-corrected chi connectivity index (χ0v) is 30.2. The first-order valence-corrected chi connectivity index (χ1v) is 18.6. The van der Waals surface area contributed by atoms with Gasteiger partial charge in [0, 0.05) is 27.5 Å². The van der Waals surface area contributed by atoms with Crippen LogP contribution in [0.3, 0.4) is 0 Å². The highest BCUT2D eigenvalue weighted by Gasteiger charge is 2.21. The van der Waals surface area contributed by atoms with Crippen LogP contribution in [0.4, 0.5) is 4.39 Å². The number of nitrogens with zero attached hydrogens (tertiary/aromatic N) is 4. The van der Waals surface area contributed by atoms with Gasteiger partial charge < -0.3 is 4.57 Å². The molecular formula is C51H33FN4. The maximum absolute atomic E-state index is 14.8. The summed E-state index contributed by atoms with van der Waals surface area (Å²) >= 11 is 0. The third kappa shape index (κ3) is 6.11. The minimum Gasteiger partial charge on any atom is -0.308 e. The summed E-state index contributed by atoms with van der Waals surface area (Å²) in [5.74, 6) is 1.40. The summed E-state index contributed by atoms with van der Waals surface area (Å²) < 4.78 is 17.1. The van der Waals surface area contributed by atoms with Crippen LogP contribution in [0.2, 0.25) is 0 Å². The average molecular weight is 721 g/mol. The van der Waals surface area contributed by atoms with E-state index in [2.05, 4.69) is 102 Å². The first-order valence-electron chi connectivity index (χ1n) is 18.6. The number of benzene rings is 8. The Morgan fingerprint density at radius 3 is 1.23 bits per heavy atom. The monoisotopic (exact) mass is 720 g/mol. The SMILES string of the molecule is Fc1cccc(-c2ccc(-c3nc(-c4ccccc4)nc(-c4ccccc4)n3)c(-n3c4cc(-c5ccccc5)ccc4c4ccc(-c5ccccc5)cc43)c2)c1. The first kappa shape index (κ1) is 33.1. The molecular weight excluding hydrogens is 688 g/mol. The molecule has 8 aromatic carbocycles. The molecule has 0 aliphatic rings. The zero-order valence-electron chi connectivity index (χ0n) is 30.2. The van der Waals surface area contributed by atoms with E-state index in [1.54, 1.807) is 12.1 Å². The molecule has 0 saturated carbocycles. The molecule has 0 aliphatic heterocycles. The maximum Gasteiger partial charge on any atom is 0.166 e. The molecule has 10 rings (SSSR count). The van der Waals surface area contributed by atoms with Gasteiger partial charge in [-0.25, -0.2) is 19.3 Å². The van der Waals surface area contributed by atoms with Crippen LogP contribution >= 0.6 is 0 Å². The van der Waals surface area contributed by atoms with E-state index < -0.39 is 0 Å². The van der Waals surface area contributed by atoms with Crippen LogP contribution in [-0.2, 0) is 0 Å². The molecule has 0 aliphatic carbocycles. The molecule has 264 valence electrons. The van der Waals surface area contributed by atoms with E-state index in [1.165, 1.54) is 6.07 Å². The Morgan fingerprint density at radius 2 is 0.732 bits per heavy atom. The lowest BCUT2D eigenvalue weighted by molar-refractivity contribution is 0.628. The van der Waals surface area contributed by atoms with Crippen LogP contribution in [0.15, 0.2) is 200 Å². The quantitative estimate of drug-likeness (QED) is 0.165. The van der Waals surface area contributed by atoms with E-state index in [0.29, 0.717) is 17.5 Å². The Morgan fingerprint density at radius 1 is 0.321 bits per heavy atom. The number of hydrogen-bond acceptors (Lipinski definition) is 3. The van der Waals surface area contributed by atoms with E-state index in [0.717, 1.165) is 77.6 Å². The second-order valence-corrected chi connectivity index (χ2v) is 13.8. The van der Waals surface area contributed by atoms with E-state index in [-0.39, 0.29) is 5.82 Å². The van der Waals surface area contributed by atoms with Crippen molar-refractivity contribution in [2.24, 2.45) is 0 Å². The van der Waals surface area contributed by atoms with E-state index in [4.69, 9.17) is 15.0 Å². The van der Waals surface area contributed by atoms with Crippen molar-refractivity contribution >= 4 is 21.8 Å². The van der Waals surface area contributed by atoms with Crippen LogP contribution in [0.25, 0.3) is 95.0 Å².